The highest BCUT2D eigenvalue weighted by molar-refractivity contribution is 5.79. The number of ether oxygens (including phenoxy) is 2. The zero-order valence-corrected chi connectivity index (χ0v) is 18.9. The third-order valence-electron chi connectivity index (χ3n) is 5.98. The van der Waals surface area contributed by atoms with Gasteiger partial charge in [0.1, 0.15) is 0 Å². The van der Waals surface area contributed by atoms with Gasteiger partial charge in [-0.25, -0.2) is 0 Å². The molecule has 168 valence electrons. The summed E-state index contributed by atoms with van der Waals surface area (Å²) in [5.41, 5.74) is 2.62. The van der Waals surface area contributed by atoms with Crippen LogP contribution in [-0.4, -0.2) is 88.0 Å². The van der Waals surface area contributed by atoms with Crippen molar-refractivity contribution in [1.82, 2.24) is 20.4 Å². The van der Waals surface area contributed by atoms with Crippen molar-refractivity contribution in [3.8, 4) is 0 Å². The van der Waals surface area contributed by atoms with Gasteiger partial charge >= 0.3 is 0 Å². The average molecular weight is 418 g/mol. The molecule has 2 N–H and O–H groups in total. The van der Waals surface area contributed by atoms with Gasteiger partial charge in [-0.3, -0.25) is 14.8 Å². The number of rotatable bonds is 8. The van der Waals surface area contributed by atoms with Crippen molar-refractivity contribution in [3.63, 3.8) is 0 Å². The molecule has 7 heteroatoms. The van der Waals surface area contributed by atoms with Crippen LogP contribution in [0.2, 0.25) is 0 Å². The van der Waals surface area contributed by atoms with Crippen molar-refractivity contribution >= 4 is 5.96 Å². The van der Waals surface area contributed by atoms with Gasteiger partial charge in [0.2, 0.25) is 0 Å². The van der Waals surface area contributed by atoms with Crippen molar-refractivity contribution < 1.29 is 9.47 Å². The maximum absolute atomic E-state index is 5.51. The van der Waals surface area contributed by atoms with Crippen LogP contribution >= 0.6 is 0 Å². The number of guanidine groups is 1. The van der Waals surface area contributed by atoms with Crippen LogP contribution in [0.4, 0.5) is 0 Å². The van der Waals surface area contributed by atoms with E-state index in [1.807, 2.05) is 7.05 Å². The minimum Gasteiger partial charge on any atom is -0.379 e. The van der Waals surface area contributed by atoms with Gasteiger partial charge in [0.25, 0.3) is 0 Å². The molecule has 2 saturated heterocycles. The minimum absolute atomic E-state index is 0.479. The lowest BCUT2D eigenvalue weighted by Gasteiger charge is -2.37. The first-order chi connectivity index (χ1) is 14.7. The van der Waals surface area contributed by atoms with E-state index in [4.69, 9.17) is 9.47 Å². The van der Waals surface area contributed by atoms with E-state index in [-0.39, 0.29) is 0 Å². The lowest BCUT2D eigenvalue weighted by Crippen LogP contribution is -2.52. The van der Waals surface area contributed by atoms with Crippen molar-refractivity contribution in [1.29, 1.82) is 0 Å². The highest BCUT2D eigenvalue weighted by atomic mass is 16.5. The molecular weight excluding hydrogens is 378 g/mol. The number of aliphatic imine (C=N–C) groups is 1. The summed E-state index contributed by atoms with van der Waals surface area (Å²) in [6.07, 6.45) is 0. The summed E-state index contributed by atoms with van der Waals surface area (Å²) in [6, 6.07) is 9.36. The molecule has 2 aliphatic heterocycles. The maximum Gasteiger partial charge on any atom is 0.191 e. The number of nitrogens with one attached hydrogen (secondary N) is 2. The van der Waals surface area contributed by atoms with E-state index in [2.05, 4.69) is 63.5 Å². The zero-order chi connectivity index (χ0) is 21.2. The fraction of sp³-hybridized carbons (Fsp3) is 0.696. The van der Waals surface area contributed by atoms with E-state index in [0.717, 1.165) is 78.2 Å². The van der Waals surface area contributed by atoms with E-state index in [9.17, 15) is 0 Å². The third kappa shape index (κ3) is 7.23. The van der Waals surface area contributed by atoms with Crippen LogP contribution in [-0.2, 0) is 22.6 Å². The molecule has 2 aliphatic rings. The zero-order valence-electron chi connectivity index (χ0n) is 18.9. The van der Waals surface area contributed by atoms with Gasteiger partial charge in [-0.05, 0) is 17.0 Å². The summed E-state index contributed by atoms with van der Waals surface area (Å²) < 4.78 is 10.9. The molecule has 1 aromatic carbocycles. The van der Waals surface area contributed by atoms with Gasteiger partial charge in [-0.2, -0.15) is 0 Å². The van der Waals surface area contributed by atoms with E-state index in [1.54, 1.807) is 0 Å². The number of hydrogen-bond acceptors (Lipinski definition) is 5. The predicted molar refractivity (Wildman–Crippen MR) is 122 cm³/mol. The average Bonchev–Trinajstić information content (AvgIpc) is 2.78. The Kier molecular flexibility index (Phi) is 9.39. The number of morpholine rings is 2. The highest BCUT2D eigenvalue weighted by Gasteiger charge is 2.23. The Morgan fingerprint density at radius 3 is 2.13 bits per heavy atom. The van der Waals surface area contributed by atoms with Crippen LogP contribution in [0, 0.1) is 5.92 Å². The van der Waals surface area contributed by atoms with Crippen LogP contribution in [0.25, 0.3) is 0 Å². The fourth-order valence-corrected chi connectivity index (χ4v) is 4.08. The largest absolute Gasteiger partial charge is 0.379 e. The Labute approximate surface area is 181 Å². The molecule has 3 rings (SSSR count). The van der Waals surface area contributed by atoms with Crippen LogP contribution in [0.3, 0.4) is 0 Å². The second kappa shape index (κ2) is 12.2. The lowest BCUT2D eigenvalue weighted by atomic mass is 10.0. The van der Waals surface area contributed by atoms with Gasteiger partial charge < -0.3 is 20.1 Å². The Morgan fingerprint density at radius 2 is 1.53 bits per heavy atom. The van der Waals surface area contributed by atoms with Crippen molar-refractivity contribution in [3.05, 3.63) is 35.4 Å². The topological polar surface area (TPSA) is 61.4 Å². The highest BCUT2D eigenvalue weighted by Crippen LogP contribution is 2.12. The van der Waals surface area contributed by atoms with Crippen molar-refractivity contribution in [2.24, 2.45) is 10.9 Å². The Morgan fingerprint density at radius 1 is 0.933 bits per heavy atom. The van der Waals surface area contributed by atoms with Gasteiger partial charge in [-0.1, -0.05) is 38.1 Å². The van der Waals surface area contributed by atoms with Gasteiger partial charge in [0.15, 0.2) is 5.96 Å². The fourth-order valence-electron chi connectivity index (χ4n) is 4.08. The summed E-state index contributed by atoms with van der Waals surface area (Å²) >= 11 is 0. The molecule has 1 aromatic rings. The SMILES string of the molecule is CN=C(NCc1ccc(CN2CCOCC2)cc1)NCC(C(C)C)N1CCOCC1. The molecule has 2 fully saturated rings. The molecule has 7 nitrogen and oxygen atoms in total. The van der Waals surface area contributed by atoms with Gasteiger partial charge in [0, 0.05) is 58.9 Å². The van der Waals surface area contributed by atoms with E-state index < -0.39 is 0 Å². The van der Waals surface area contributed by atoms with Gasteiger partial charge in [0.05, 0.1) is 26.4 Å². The summed E-state index contributed by atoms with van der Waals surface area (Å²) in [7, 11) is 1.83. The molecule has 1 atom stereocenters. The Hall–Kier alpha value is -1.67. The van der Waals surface area contributed by atoms with E-state index in [0.29, 0.717) is 12.0 Å². The van der Waals surface area contributed by atoms with E-state index >= 15 is 0 Å². The van der Waals surface area contributed by atoms with Crippen LogP contribution < -0.4 is 10.6 Å². The molecule has 30 heavy (non-hydrogen) atoms. The summed E-state index contributed by atoms with van der Waals surface area (Å²) in [4.78, 5) is 9.38. The van der Waals surface area contributed by atoms with Crippen molar-refractivity contribution in [2.45, 2.75) is 33.0 Å². The quantitative estimate of drug-likeness (QED) is 0.494. The van der Waals surface area contributed by atoms with Crippen LogP contribution in [0.5, 0.6) is 0 Å². The van der Waals surface area contributed by atoms with Gasteiger partial charge in [-0.15, -0.1) is 0 Å². The second-order valence-corrected chi connectivity index (χ2v) is 8.47. The Bertz CT molecular complexity index is 637. The normalized spacial score (nSPS) is 20.3. The molecule has 0 aliphatic carbocycles. The summed E-state index contributed by atoms with van der Waals surface area (Å²) in [6.45, 7) is 14.6. The van der Waals surface area contributed by atoms with E-state index in [1.165, 1.54) is 11.1 Å². The van der Waals surface area contributed by atoms with Crippen molar-refractivity contribution in [2.75, 3.05) is 66.2 Å². The number of nitrogens with zero attached hydrogens (tertiary/aromatic N) is 3. The first kappa shape index (κ1) is 23.0. The van der Waals surface area contributed by atoms with Crippen LogP contribution in [0.15, 0.2) is 29.3 Å². The monoisotopic (exact) mass is 417 g/mol. The molecular formula is C23H39N5O2. The Balaban J connectivity index is 1.43. The molecule has 1 unspecified atom stereocenters. The molecule has 0 amide bonds. The first-order valence-corrected chi connectivity index (χ1v) is 11.3. The predicted octanol–water partition coefficient (Wildman–Crippen LogP) is 1.54. The summed E-state index contributed by atoms with van der Waals surface area (Å²) in [5.74, 6) is 1.43. The standard InChI is InChI=1S/C23H39N5O2/c1-19(2)22(28-10-14-30-15-11-28)17-26-23(24-3)25-16-20-4-6-21(7-5-20)18-27-8-12-29-13-9-27/h4-7,19,22H,8-18H2,1-3H3,(H2,24,25,26). The smallest absolute Gasteiger partial charge is 0.191 e. The molecule has 0 bridgehead atoms. The maximum atomic E-state index is 5.51. The molecule has 0 spiro atoms. The molecule has 2 heterocycles. The van der Waals surface area contributed by atoms with Crippen LogP contribution in [0.1, 0.15) is 25.0 Å². The molecule has 0 aromatic heterocycles. The third-order valence-corrected chi connectivity index (χ3v) is 5.98. The molecule has 0 radical (unpaired) electrons. The second-order valence-electron chi connectivity index (χ2n) is 8.47. The molecule has 0 saturated carbocycles. The lowest BCUT2D eigenvalue weighted by molar-refractivity contribution is 0.00752. The summed E-state index contributed by atoms with van der Waals surface area (Å²) in [5, 5.41) is 6.97. The number of hydrogen-bond donors (Lipinski definition) is 2. The minimum atomic E-state index is 0.479. The first-order valence-electron chi connectivity index (χ1n) is 11.3. The number of benzene rings is 1.